The Hall–Kier alpha value is -1.06. The van der Waals surface area contributed by atoms with E-state index in [4.69, 9.17) is 4.74 Å². The summed E-state index contributed by atoms with van der Waals surface area (Å²) in [5.41, 5.74) is -0.471. The molecule has 0 aromatic heterocycles. The first-order valence-corrected chi connectivity index (χ1v) is 6.76. The first-order chi connectivity index (χ1) is 8.24. The lowest BCUT2D eigenvalue weighted by Crippen LogP contribution is -2.55. The van der Waals surface area contributed by atoms with Gasteiger partial charge in [-0.05, 0) is 27.2 Å². The lowest BCUT2D eigenvalue weighted by molar-refractivity contribution is -0.131. The molecule has 1 aliphatic heterocycles. The van der Waals surface area contributed by atoms with Gasteiger partial charge in [0.25, 0.3) is 0 Å². The summed E-state index contributed by atoms with van der Waals surface area (Å²) in [6.45, 7) is 10.6. The number of nitrogens with zero attached hydrogens (tertiary/aromatic N) is 1. The van der Waals surface area contributed by atoms with Gasteiger partial charge in [0.1, 0.15) is 11.4 Å². The van der Waals surface area contributed by atoms with E-state index in [2.05, 4.69) is 6.92 Å². The summed E-state index contributed by atoms with van der Waals surface area (Å²) in [6.07, 6.45) is 1.65. The minimum absolute atomic E-state index is 0.0130. The SMILES string of the molecule is CCCC(C)C(=O)C1CN(C(=O)OC(C)(C)C)C1. The molecule has 1 aliphatic rings. The molecule has 104 valence electrons. The predicted octanol–water partition coefficient (Wildman–Crippen LogP) is 2.86. The van der Waals surface area contributed by atoms with Crippen molar-refractivity contribution >= 4 is 11.9 Å². The highest BCUT2D eigenvalue weighted by atomic mass is 16.6. The number of hydrogen-bond donors (Lipinski definition) is 0. The third kappa shape index (κ3) is 4.00. The summed E-state index contributed by atoms with van der Waals surface area (Å²) in [5.74, 6) is 0.413. The zero-order valence-corrected chi connectivity index (χ0v) is 12.2. The van der Waals surface area contributed by atoms with Crippen molar-refractivity contribution in [2.24, 2.45) is 11.8 Å². The van der Waals surface area contributed by atoms with Crippen LogP contribution in [0.25, 0.3) is 0 Å². The maximum absolute atomic E-state index is 12.0. The van der Waals surface area contributed by atoms with Crippen LogP contribution in [-0.2, 0) is 9.53 Å². The fraction of sp³-hybridized carbons (Fsp3) is 0.857. The minimum Gasteiger partial charge on any atom is -0.444 e. The van der Waals surface area contributed by atoms with Crippen molar-refractivity contribution in [2.45, 2.75) is 53.1 Å². The fourth-order valence-electron chi connectivity index (χ4n) is 2.11. The number of amides is 1. The summed E-state index contributed by atoms with van der Waals surface area (Å²) >= 11 is 0. The van der Waals surface area contributed by atoms with E-state index >= 15 is 0 Å². The molecule has 18 heavy (non-hydrogen) atoms. The molecular formula is C14H25NO3. The normalized spacial score (nSPS) is 18.2. The molecule has 4 heteroatoms. The molecule has 0 radical (unpaired) electrons. The third-order valence-corrected chi connectivity index (χ3v) is 3.14. The monoisotopic (exact) mass is 255 g/mol. The molecule has 1 unspecified atom stereocenters. The van der Waals surface area contributed by atoms with E-state index < -0.39 is 5.60 Å². The average molecular weight is 255 g/mol. The van der Waals surface area contributed by atoms with E-state index in [9.17, 15) is 9.59 Å². The van der Waals surface area contributed by atoms with Crippen molar-refractivity contribution in [1.29, 1.82) is 0 Å². The number of hydrogen-bond acceptors (Lipinski definition) is 3. The molecule has 1 rings (SSSR count). The second-order valence-electron chi connectivity index (χ2n) is 6.17. The number of carbonyl (C=O) groups is 2. The second-order valence-corrected chi connectivity index (χ2v) is 6.17. The van der Waals surface area contributed by atoms with Gasteiger partial charge < -0.3 is 9.64 Å². The Morgan fingerprint density at radius 3 is 2.33 bits per heavy atom. The van der Waals surface area contributed by atoms with Gasteiger partial charge in [-0.2, -0.15) is 0 Å². The number of ketones is 1. The molecule has 1 saturated heterocycles. The van der Waals surface area contributed by atoms with E-state index in [1.54, 1.807) is 4.90 Å². The van der Waals surface area contributed by atoms with Crippen molar-refractivity contribution in [2.75, 3.05) is 13.1 Å². The summed E-state index contributed by atoms with van der Waals surface area (Å²) in [7, 11) is 0. The average Bonchev–Trinajstić information content (AvgIpc) is 2.12. The van der Waals surface area contributed by atoms with Crippen molar-refractivity contribution in [3.63, 3.8) is 0 Å². The minimum atomic E-state index is -0.471. The standard InChI is InChI=1S/C14H25NO3/c1-6-7-10(2)12(16)11-8-15(9-11)13(17)18-14(3,4)5/h10-11H,6-9H2,1-5H3. The Morgan fingerprint density at radius 1 is 1.33 bits per heavy atom. The number of ether oxygens (including phenoxy) is 1. The molecule has 1 heterocycles. The van der Waals surface area contributed by atoms with E-state index in [0.29, 0.717) is 13.1 Å². The van der Waals surface area contributed by atoms with Crippen molar-refractivity contribution in [3.05, 3.63) is 0 Å². The molecule has 0 aromatic rings. The molecule has 0 aromatic carbocycles. The highest BCUT2D eigenvalue weighted by Crippen LogP contribution is 2.24. The summed E-state index contributed by atoms with van der Waals surface area (Å²) < 4.78 is 5.25. The van der Waals surface area contributed by atoms with Crippen molar-refractivity contribution < 1.29 is 14.3 Å². The quantitative estimate of drug-likeness (QED) is 0.776. The van der Waals surface area contributed by atoms with E-state index in [-0.39, 0.29) is 23.7 Å². The van der Waals surface area contributed by atoms with Crippen LogP contribution in [0.3, 0.4) is 0 Å². The maximum Gasteiger partial charge on any atom is 0.410 e. The topological polar surface area (TPSA) is 46.6 Å². The van der Waals surface area contributed by atoms with Crippen LogP contribution in [-0.4, -0.2) is 35.5 Å². The first-order valence-electron chi connectivity index (χ1n) is 6.76. The van der Waals surface area contributed by atoms with E-state index in [1.807, 2.05) is 27.7 Å². The molecule has 0 bridgehead atoms. The first kappa shape index (κ1) is 15.0. The molecule has 1 fully saturated rings. The van der Waals surface area contributed by atoms with Crippen molar-refractivity contribution in [3.8, 4) is 0 Å². The highest BCUT2D eigenvalue weighted by molar-refractivity contribution is 5.86. The maximum atomic E-state index is 12.0. The van der Waals surface area contributed by atoms with Crippen LogP contribution in [0.15, 0.2) is 0 Å². The number of Topliss-reactive ketones (excluding diaryl/α,β-unsaturated/α-hetero) is 1. The van der Waals surface area contributed by atoms with Crippen LogP contribution in [0.1, 0.15) is 47.5 Å². The van der Waals surface area contributed by atoms with Crippen LogP contribution < -0.4 is 0 Å². The van der Waals surface area contributed by atoms with Crippen LogP contribution >= 0.6 is 0 Å². The Labute approximate surface area is 110 Å². The van der Waals surface area contributed by atoms with Gasteiger partial charge in [-0.3, -0.25) is 4.79 Å². The van der Waals surface area contributed by atoms with Gasteiger partial charge >= 0.3 is 6.09 Å². The van der Waals surface area contributed by atoms with Gasteiger partial charge in [0.05, 0.1) is 5.92 Å². The van der Waals surface area contributed by atoms with E-state index in [1.165, 1.54) is 0 Å². The number of carbonyl (C=O) groups excluding carboxylic acids is 2. The molecule has 0 aliphatic carbocycles. The molecule has 1 atom stereocenters. The summed E-state index contributed by atoms with van der Waals surface area (Å²) in [4.78, 5) is 25.3. The van der Waals surface area contributed by atoms with Crippen LogP contribution in [0.5, 0.6) is 0 Å². The number of likely N-dealkylation sites (tertiary alicyclic amines) is 1. The second kappa shape index (κ2) is 5.72. The Morgan fingerprint density at radius 2 is 1.89 bits per heavy atom. The summed E-state index contributed by atoms with van der Waals surface area (Å²) in [6, 6.07) is 0. The van der Waals surface area contributed by atoms with Gasteiger partial charge in [0.15, 0.2) is 0 Å². The van der Waals surface area contributed by atoms with Gasteiger partial charge in [-0.25, -0.2) is 4.79 Å². The Balaban J connectivity index is 2.35. The van der Waals surface area contributed by atoms with Gasteiger partial charge in [0.2, 0.25) is 0 Å². The summed E-state index contributed by atoms with van der Waals surface area (Å²) in [5, 5.41) is 0. The van der Waals surface area contributed by atoms with Gasteiger partial charge in [0, 0.05) is 19.0 Å². The molecule has 0 N–H and O–H groups in total. The fourth-order valence-corrected chi connectivity index (χ4v) is 2.11. The molecule has 4 nitrogen and oxygen atoms in total. The zero-order valence-electron chi connectivity index (χ0n) is 12.2. The highest BCUT2D eigenvalue weighted by Gasteiger charge is 2.38. The van der Waals surface area contributed by atoms with Gasteiger partial charge in [-0.15, -0.1) is 0 Å². The van der Waals surface area contributed by atoms with Gasteiger partial charge in [-0.1, -0.05) is 20.3 Å². The van der Waals surface area contributed by atoms with E-state index in [0.717, 1.165) is 12.8 Å². The largest absolute Gasteiger partial charge is 0.444 e. The van der Waals surface area contributed by atoms with Crippen LogP contribution in [0.4, 0.5) is 4.79 Å². The molecule has 1 amide bonds. The van der Waals surface area contributed by atoms with Crippen molar-refractivity contribution in [1.82, 2.24) is 4.90 Å². The smallest absolute Gasteiger partial charge is 0.410 e. The van der Waals surface area contributed by atoms with Crippen LogP contribution in [0, 0.1) is 11.8 Å². The molecular weight excluding hydrogens is 230 g/mol. The molecule has 0 saturated carbocycles. The Bertz CT molecular complexity index is 313. The predicted molar refractivity (Wildman–Crippen MR) is 70.4 cm³/mol. The zero-order chi connectivity index (χ0) is 13.9. The molecule has 0 spiro atoms. The Kier molecular flexibility index (Phi) is 4.77. The lowest BCUT2D eigenvalue weighted by atomic mass is 9.86. The number of rotatable bonds is 4. The van der Waals surface area contributed by atoms with Crippen LogP contribution in [0.2, 0.25) is 0 Å². The lowest BCUT2D eigenvalue weighted by Gasteiger charge is -2.39. The third-order valence-electron chi connectivity index (χ3n) is 3.14.